The van der Waals surface area contributed by atoms with Crippen molar-refractivity contribution in [3.63, 3.8) is 0 Å². The van der Waals surface area contributed by atoms with Crippen molar-refractivity contribution in [3.05, 3.63) is 40.4 Å². The van der Waals surface area contributed by atoms with E-state index in [1.165, 1.54) is 7.11 Å². The Balaban J connectivity index is 2.84. The highest BCUT2D eigenvalue weighted by Crippen LogP contribution is 2.44. The summed E-state index contributed by atoms with van der Waals surface area (Å²) in [5.41, 5.74) is 0.806. The monoisotopic (exact) mass is 334 g/mol. The molecule has 0 unspecified atom stereocenters. The number of hydrogen-bond donors (Lipinski definition) is 1. The Labute approximate surface area is 140 Å². The average Bonchev–Trinajstić information content (AvgIpc) is 2.54. The van der Waals surface area contributed by atoms with Gasteiger partial charge in [-0.1, -0.05) is 49.2 Å². The van der Waals surface area contributed by atoms with Crippen LogP contribution in [0.1, 0.15) is 25.3 Å². The highest BCUT2D eigenvalue weighted by molar-refractivity contribution is 6.35. The van der Waals surface area contributed by atoms with Crippen LogP contribution in [0.4, 0.5) is 0 Å². The van der Waals surface area contributed by atoms with Crippen molar-refractivity contribution in [1.29, 1.82) is 0 Å². The first-order valence-electron chi connectivity index (χ1n) is 7.31. The summed E-state index contributed by atoms with van der Waals surface area (Å²) >= 11 is 6.48. The SMILES string of the molecule is CCC/C(=C/c1c(Cl)c(OC)c2ccccc2c1OC)C(=O)O. The molecule has 0 saturated heterocycles. The van der Waals surface area contributed by atoms with Crippen LogP contribution in [0.5, 0.6) is 11.5 Å². The van der Waals surface area contributed by atoms with E-state index in [2.05, 4.69) is 0 Å². The zero-order valence-electron chi connectivity index (χ0n) is 13.4. The summed E-state index contributed by atoms with van der Waals surface area (Å²) in [5.74, 6) is 0.0916. The molecular weight excluding hydrogens is 316 g/mol. The molecule has 0 bridgehead atoms. The topological polar surface area (TPSA) is 55.8 Å². The largest absolute Gasteiger partial charge is 0.495 e. The molecule has 0 heterocycles. The Morgan fingerprint density at radius 1 is 1.17 bits per heavy atom. The van der Waals surface area contributed by atoms with Gasteiger partial charge in [0.05, 0.1) is 19.2 Å². The predicted octanol–water partition coefficient (Wildman–Crippen LogP) is 4.78. The van der Waals surface area contributed by atoms with E-state index < -0.39 is 5.97 Å². The molecule has 0 aliphatic rings. The lowest BCUT2D eigenvalue weighted by Crippen LogP contribution is -2.01. The van der Waals surface area contributed by atoms with E-state index in [9.17, 15) is 9.90 Å². The standard InChI is InChI=1S/C18H19ClO4/c1-4-7-11(18(20)21)10-14-15(19)17(23-3)13-9-6-5-8-12(13)16(14)22-2/h5-6,8-10H,4,7H2,1-3H3,(H,20,21)/b11-10-. The van der Waals surface area contributed by atoms with Gasteiger partial charge in [-0.3, -0.25) is 0 Å². The third-order valence-electron chi connectivity index (χ3n) is 3.62. The van der Waals surface area contributed by atoms with Crippen LogP contribution < -0.4 is 9.47 Å². The summed E-state index contributed by atoms with van der Waals surface area (Å²) in [4.78, 5) is 11.4. The van der Waals surface area contributed by atoms with Gasteiger partial charge in [0.2, 0.25) is 0 Å². The second-order valence-corrected chi connectivity index (χ2v) is 5.44. The first-order valence-corrected chi connectivity index (χ1v) is 7.68. The van der Waals surface area contributed by atoms with Crippen molar-refractivity contribution in [2.45, 2.75) is 19.8 Å². The van der Waals surface area contributed by atoms with Crippen molar-refractivity contribution >= 4 is 34.4 Å². The first kappa shape index (κ1) is 17.2. The van der Waals surface area contributed by atoms with Crippen LogP contribution >= 0.6 is 11.6 Å². The molecule has 1 N–H and O–H groups in total. The summed E-state index contributed by atoms with van der Waals surface area (Å²) < 4.78 is 11.0. The van der Waals surface area contributed by atoms with E-state index in [0.717, 1.165) is 17.2 Å². The molecule has 2 aromatic carbocycles. The lowest BCUT2D eigenvalue weighted by Gasteiger charge is -2.16. The lowest BCUT2D eigenvalue weighted by atomic mass is 10.0. The minimum absolute atomic E-state index is 0.282. The maximum atomic E-state index is 11.4. The van der Waals surface area contributed by atoms with Gasteiger partial charge in [0, 0.05) is 21.9 Å². The molecule has 0 aromatic heterocycles. The number of benzene rings is 2. The molecule has 0 spiro atoms. The van der Waals surface area contributed by atoms with Gasteiger partial charge in [-0.2, -0.15) is 0 Å². The zero-order valence-corrected chi connectivity index (χ0v) is 14.1. The van der Waals surface area contributed by atoms with Crippen molar-refractivity contribution in [1.82, 2.24) is 0 Å². The second kappa shape index (κ2) is 7.38. The molecule has 0 aliphatic carbocycles. The molecule has 2 rings (SSSR count). The molecule has 122 valence electrons. The number of fused-ring (bicyclic) bond motifs is 1. The van der Waals surface area contributed by atoms with Gasteiger partial charge >= 0.3 is 5.97 Å². The molecule has 5 heteroatoms. The zero-order chi connectivity index (χ0) is 17.0. The molecule has 4 nitrogen and oxygen atoms in total. The summed E-state index contributed by atoms with van der Waals surface area (Å²) in [6.07, 6.45) is 2.74. The van der Waals surface area contributed by atoms with Crippen LogP contribution in [0.15, 0.2) is 29.8 Å². The van der Waals surface area contributed by atoms with E-state index in [4.69, 9.17) is 21.1 Å². The predicted molar refractivity (Wildman–Crippen MR) is 92.6 cm³/mol. The number of aliphatic carboxylic acids is 1. The summed E-state index contributed by atoms with van der Waals surface area (Å²) in [6, 6.07) is 7.55. The van der Waals surface area contributed by atoms with Gasteiger partial charge in [0.1, 0.15) is 11.5 Å². The van der Waals surface area contributed by atoms with Gasteiger partial charge in [0.25, 0.3) is 0 Å². The highest BCUT2D eigenvalue weighted by atomic mass is 35.5. The number of methoxy groups -OCH3 is 2. The third kappa shape index (κ3) is 3.27. The molecule has 0 radical (unpaired) electrons. The summed E-state index contributed by atoms with van der Waals surface area (Å²) in [7, 11) is 3.08. The highest BCUT2D eigenvalue weighted by Gasteiger charge is 2.19. The van der Waals surface area contributed by atoms with Crippen molar-refractivity contribution < 1.29 is 19.4 Å². The summed E-state index contributed by atoms with van der Waals surface area (Å²) in [5, 5.41) is 11.4. The molecule has 0 saturated carbocycles. The molecular formula is C18H19ClO4. The van der Waals surface area contributed by atoms with E-state index >= 15 is 0 Å². The number of carbonyl (C=O) groups is 1. The minimum atomic E-state index is -0.961. The Kier molecular flexibility index (Phi) is 5.50. The number of rotatable bonds is 6. The second-order valence-electron chi connectivity index (χ2n) is 5.06. The van der Waals surface area contributed by atoms with E-state index in [0.29, 0.717) is 28.5 Å². The van der Waals surface area contributed by atoms with Gasteiger partial charge in [-0.15, -0.1) is 0 Å². The van der Waals surface area contributed by atoms with E-state index in [-0.39, 0.29) is 5.57 Å². The van der Waals surface area contributed by atoms with E-state index in [1.807, 2.05) is 31.2 Å². The number of carboxylic acid groups (broad SMARTS) is 1. The van der Waals surface area contributed by atoms with Gasteiger partial charge < -0.3 is 14.6 Å². The fourth-order valence-electron chi connectivity index (χ4n) is 2.60. The molecule has 0 aliphatic heterocycles. The van der Waals surface area contributed by atoms with Crippen LogP contribution in [0.3, 0.4) is 0 Å². The van der Waals surface area contributed by atoms with Crippen molar-refractivity contribution in [2.24, 2.45) is 0 Å². The van der Waals surface area contributed by atoms with Gasteiger partial charge in [0.15, 0.2) is 0 Å². The summed E-state index contributed by atoms with van der Waals surface area (Å²) in [6.45, 7) is 1.93. The fourth-order valence-corrected chi connectivity index (χ4v) is 2.92. The number of hydrogen-bond acceptors (Lipinski definition) is 3. The van der Waals surface area contributed by atoms with Crippen LogP contribution in [0.2, 0.25) is 5.02 Å². The van der Waals surface area contributed by atoms with Crippen LogP contribution in [-0.4, -0.2) is 25.3 Å². The number of halogens is 1. The Morgan fingerprint density at radius 3 is 2.22 bits per heavy atom. The number of carboxylic acids is 1. The quantitative estimate of drug-likeness (QED) is 0.772. The first-order chi connectivity index (χ1) is 11.0. The van der Waals surface area contributed by atoms with Crippen molar-refractivity contribution in [2.75, 3.05) is 14.2 Å². The van der Waals surface area contributed by atoms with Gasteiger partial charge in [-0.25, -0.2) is 4.79 Å². The normalized spacial score (nSPS) is 11.6. The van der Waals surface area contributed by atoms with Crippen molar-refractivity contribution in [3.8, 4) is 11.5 Å². The molecule has 0 fully saturated rings. The lowest BCUT2D eigenvalue weighted by molar-refractivity contribution is -0.132. The smallest absolute Gasteiger partial charge is 0.331 e. The average molecular weight is 335 g/mol. The third-order valence-corrected chi connectivity index (χ3v) is 3.99. The number of ether oxygens (including phenoxy) is 2. The Morgan fingerprint density at radius 2 is 1.74 bits per heavy atom. The maximum absolute atomic E-state index is 11.4. The van der Waals surface area contributed by atoms with Crippen LogP contribution in [-0.2, 0) is 4.79 Å². The Bertz CT molecular complexity index is 765. The molecule has 2 aromatic rings. The molecule has 23 heavy (non-hydrogen) atoms. The molecule has 0 amide bonds. The van der Waals surface area contributed by atoms with Gasteiger partial charge in [-0.05, 0) is 12.5 Å². The van der Waals surface area contributed by atoms with Crippen LogP contribution in [0, 0.1) is 0 Å². The Hall–Kier alpha value is -2.20. The fraction of sp³-hybridized carbons (Fsp3) is 0.278. The van der Waals surface area contributed by atoms with E-state index in [1.54, 1.807) is 13.2 Å². The minimum Gasteiger partial charge on any atom is -0.495 e. The van der Waals surface area contributed by atoms with Crippen LogP contribution in [0.25, 0.3) is 16.8 Å². The molecule has 0 atom stereocenters. The maximum Gasteiger partial charge on any atom is 0.331 e.